The van der Waals surface area contributed by atoms with Crippen molar-refractivity contribution in [2.45, 2.75) is 19.9 Å². The van der Waals surface area contributed by atoms with Crippen LogP contribution in [0.2, 0.25) is 0 Å². The molecular weight excluding hydrogens is 301 g/mol. The van der Waals surface area contributed by atoms with Crippen LogP contribution in [0.15, 0.2) is 18.2 Å². The third kappa shape index (κ3) is 2.13. The Morgan fingerprint density at radius 3 is 3.07 bits per heavy atom. The van der Waals surface area contributed by atoms with Crippen molar-refractivity contribution in [3.8, 4) is 5.75 Å². The first-order valence-corrected chi connectivity index (χ1v) is 6.46. The summed E-state index contributed by atoms with van der Waals surface area (Å²) in [6.07, 6.45) is 0. The molecule has 0 aliphatic carbocycles. The van der Waals surface area contributed by atoms with Gasteiger partial charge in [-0.3, -0.25) is 0 Å². The van der Waals surface area contributed by atoms with Crippen LogP contribution < -0.4 is 10.1 Å². The maximum atomic E-state index is 5.80. The Morgan fingerprint density at radius 1 is 1.53 bits per heavy atom. The van der Waals surface area contributed by atoms with E-state index < -0.39 is 0 Å². The van der Waals surface area contributed by atoms with E-state index in [2.05, 4.69) is 60.0 Å². The van der Waals surface area contributed by atoms with Crippen molar-refractivity contribution in [2.75, 3.05) is 13.2 Å². The molecule has 0 radical (unpaired) electrons. The van der Waals surface area contributed by atoms with E-state index in [4.69, 9.17) is 4.74 Å². The second-order valence-corrected chi connectivity index (χ2v) is 5.14. The molecular formula is C12H16INO. The molecule has 0 saturated heterocycles. The topological polar surface area (TPSA) is 21.3 Å². The number of nitrogens with one attached hydrogen (secondary N) is 1. The van der Waals surface area contributed by atoms with Gasteiger partial charge in [0, 0.05) is 17.5 Å². The number of benzene rings is 1. The summed E-state index contributed by atoms with van der Waals surface area (Å²) < 4.78 is 7.00. The molecule has 0 bridgehead atoms. The van der Waals surface area contributed by atoms with Crippen LogP contribution in [0, 0.1) is 9.49 Å². The monoisotopic (exact) mass is 317 g/mol. The quantitative estimate of drug-likeness (QED) is 0.847. The minimum absolute atomic E-state index is 0.438. The maximum absolute atomic E-state index is 5.80. The number of rotatable bonds is 2. The summed E-state index contributed by atoms with van der Waals surface area (Å²) in [4.78, 5) is 0. The molecule has 0 fully saturated rings. The predicted molar refractivity (Wildman–Crippen MR) is 70.2 cm³/mol. The van der Waals surface area contributed by atoms with E-state index in [-0.39, 0.29) is 0 Å². The predicted octanol–water partition coefficient (Wildman–Crippen LogP) is 2.97. The molecule has 1 aromatic rings. The highest BCUT2D eigenvalue weighted by Gasteiger charge is 2.28. The number of ether oxygens (including phenoxy) is 1. The molecule has 2 atom stereocenters. The fraction of sp³-hybridized carbons (Fsp3) is 0.500. The lowest BCUT2D eigenvalue weighted by Crippen LogP contribution is -2.34. The Balaban J connectivity index is 2.39. The van der Waals surface area contributed by atoms with Crippen LogP contribution in [-0.2, 0) is 0 Å². The third-order valence-corrected chi connectivity index (χ3v) is 3.67. The van der Waals surface area contributed by atoms with Crippen LogP contribution in [0.3, 0.4) is 0 Å². The van der Waals surface area contributed by atoms with Crippen molar-refractivity contribution in [3.05, 3.63) is 27.3 Å². The van der Waals surface area contributed by atoms with E-state index in [1.165, 1.54) is 9.13 Å². The standard InChI is InChI=1S/C12H16INO/c1-3-14-11-8(2)7-15-12-9(11)5-4-6-10(12)13/h4-6,8,11,14H,3,7H2,1-2H3. The molecule has 0 aromatic heterocycles. The van der Waals surface area contributed by atoms with E-state index in [0.29, 0.717) is 12.0 Å². The van der Waals surface area contributed by atoms with Gasteiger partial charge in [-0.05, 0) is 35.2 Å². The van der Waals surface area contributed by atoms with Gasteiger partial charge in [0.15, 0.2) is 0 Å². The molecule has 1 heterocycles. The second kappa shape index (κ2) is 4.70. The number of hydrogen-bond acceptors (Lipinski definition) is 2. The number of hydrogen-bond donors (Lipinski definition) is 1. The van der Waals surface area contributed by atoms with Gasteiger partial charge in [0.25, 0.3) is 0 Å². The molecule has 1 aromatic carbocycles. The van der Waals surface area contributed by atoms with E-state index in [9.17, 15) is 0 Å². The van der Waals surface area contributed by atoms with Gasteiger partial charge in [-0.25, -0.2) is 0 Å². The highest BCUT2D eigenvalue weighted by Crippen LogP contribution is 2.37. The molecule has 2 nitrogen and oxygen atoms in total. The Hall–Kier alpha value is -0.290. The van der Waals surface area contributed by atoms with Crippen molar-refractivity contribution < 1.29 is 4.74 Å². The summed E-state index contributed by atoms with van der Waals surface area (Å²) in [6.45, 7) is 6.19. The highest BCUT2D eigenvalue weighted by atomic mass is 127. The minimum atomic E-state index is 0.438. The zero-order valence-electron chi connectivity index (χ0n) is 9.09. The van der Waals surface area contributed by atoms with Gasteiger partial charge in [0.05, 0.1) is 10.2 Å². The molecule has 0 spiro atoms. The van der Waals surface area contributed by atoms with Crippen LogP contribution in [0.4, 0.5) is 0 Å². The lowest BCUT2D eigenvalue weighted by atomic mass is 9.92. The lowest BCUT2D eigenvalue weighted by molar-refractivity contribution is 0.188. The first-order valence-electron chi connectivity index (χ1n) is 5.38. The van der Waals surface area contributed by atoms with Crippen molar-refractivity contribution in [3.63, 3.8) is 0 Å². The lowest BCUT2D eigenvalue weighted by Gasteiger charge is -2.32. The zero-order valence-corrected chi connectivity index (χ0v) is 11.2. The molecule has 1 aliphatic heterocycles. The van der Waals surface area contributed by atoms with Crippen LogP contribution in [-0.4, -0.2) is 13.2 Å². The van der Waals surface area contributed by atoms with Crippen molar-refractivity contribution in [2.24, 2.45) is 5.92 Å². The first-order chi connectivity index (χ1) is 7.24. The molecule has 2 unspecified atom stereocenters. The highest BCUT2D eigenvalue weighted by molar-refractivity contribution is 14.1. The van der Waals surface area contributed by atoms with Crippen LogP contribution in [0.5, 0.6) is 5.75 Å². The summed E-state index contributed by atoms with van der Waals surface area (Å²) in [5.74, 6) is 1.61. The normalized spacial score (nSPS) is 24.5. The van der Waals surface area contributed by atoms with Gasteiger partial charge in [0.1, 0.15) is 5.75 Å². The van der Waals surface area contributed by atoms with Crippen molar-refractivity contribution in [1.82, 2.24) is 5.32 Å². The van der Waals surface area contributed by atoms with Gasteiger partial charge in [-0.2, -0.15) is 0 Å². The SMILES string of the molecule is CCNC1c2cccc(I)c2OCC1C. The van der Waals surface area contributed by atoms with Gasteiger partial charge in [-0.1, -0.05) is 26.0 Å². The summed E-state index contributed by atoms with van der Waals surface area (Å²) >= 11 is 2.34. The Labute approximate surface area is 105 Å². The summed E-state index contributed by atoms with van der Waals surface area (Å²) in [5.41, 5.74) is 1.31. The maximum Gasteiger partial charge on any atom is 0.137 e. The molecule has 3 heteroatoms. The fourth-order valence-corrected chi connectivity index (χ4v) is 2.75. The smallest absolute Gasteiger partial charge is 0.137 e. The zero-order chi connectivity index (χ0) is 10.8. The van der Waals surface area contributed by atoms with Gasteiger partial charge < -0.3 is 10.1 Å². The number of halogens is 1. The van der Waals surface area contributed by atoms with E-state index in [0.717, 1.165) is 18.9 Å². The molecule has 1 aliphatic rings. The average molecular weight is 317 g/mol. The van der Waals surface area contributed by atoms with Crippen LogP contribution >= 0.6 is 22.6 Å². The van der Waals surface area contributed by atoms with E-state index in [1.807, 2.05) is 0 Å². The molecule has 15 heavy (non-hydrogen) atoms. The van der Waals surface area contributed by atoms with E-state index in [1.54, 1.807) is 0 Å². The van der Waals surface area contributed by atoms with E-state index >= 15 is 0 Å². The van der Waals surface area contributed by atoms with Gasteiger partial charge in [0.2, 0.25) is 0 Å². The Bertz CT molecular complexity index is 353. The van der Waals surface area contributed by atoms with Gasteiger partial charge in [-0.15, -0.1) is 0 Å². The summed E-state index contributed by atoms with van der Waals surface area (Å²) in [6, 6.07) is 6.80. The van der Waals surface area contributed by atoms with Gasteiger partial charge >= 0.3 is 0 Å². The number of para-hydroxylation sites is 1. The Kier molecular flexibility index (Phi) is 3.51. The summed E-state index contributed by atoms with van der Waals surface area (Å²) in [5, 5.41) is 3.53. The third-order valence-electron chi connectivity index (χ3n) is 2.82. The largest absolute Gasteiger partial charge is 0.492 e. The Morgan fingerprint density at radius 2 is 2.33 bits per heavy atom. The fourth-order valence-electron chi connectivity index (χ4n) is 2.07. The minimum Gasteiger partial charge on any atom is -0.492 e. The molecule has 2 rings (SSSR count). The molecule has 0 saturated carbocycles. The first kappa shape index (κ1) is 11.2. The molecule has 82 valence electrons. The number of fused-ring (bicyclic) bond motifs is 1. The van der Waals surface area contributed by atoms with Crippen LogP contribution in [0.25, 0.3) is 0 Å². The summed E-state index contributed by atoms with van der Waals surface area (Å²) in [7, 11) is 0. The second-order valence-electron chi connectivity index (χ2n) is 3.98. The molecule has 0 amide bonds. The van der Waals surface area contributed by atoms with Crippen molar-refractivity contribution in [1.29, 1.82) is 0 Å². The van der Waals surface area contributed by atoms with Crippen molar-refractivity contribution >= 4 is 22.6 Å². The average Bonchev–Trinajstić information content (AvgIpc) is 2.23. The van der Waals surface area contributed by atoms with Crippen LogP contribution in [0.1, 0.15) is 25.5 Å². The molecule has 1 N–H and O–H groups in total.